The molecule has 24 heavy (non-hydrogen) atoms. The SMILES string of the molecule is Cc1cc(C)c(NC(=O)CCCS(=O)(=O)CC2CCCO2)c(C)c1. The Morgan fingerprint density at radius 2 is 1.92 bits per heavy atom. The van der Waals surface area contributed by atoms with Crippen LogP contribution in [-0.2, 0) is 19.4 Å². The monoisotopic (exact) mass is 353 g/mol. The first-order valence-corrected chi connectivity index (χ1v) is 10.3. The number of carbonyl (C=O) groups excluding carboxylic acids is 1. The van der Waals surface area contributed by atoms with E-state index in [4.69, 9.17) is 4.74 Å². The molecule has 0 aliphatic carbocycles. The summed E-state index contributed by atoms with van der Waals surface area (Å²) in [6.45, 7) is 6.59. The van der Waals surface area contributed by atoms with Crippen molar-refractivity contribution in [1.29, 1.82) is 0 Å². The number of hydrogen-bond donors (Lipinski definition) is 1. The first-order chi connectivity index (χ1) is 11.3. The molecule has 1 amide bonds. The minimum absolute atomic E-state index is 0.0339. The molecule has 2 rings (SSSR count). The van der Waals surface area contributed by atoms with Crippen LogP contribution in [0.1, 0.15) is 42.4 Å². The molecule has 1 N–H and O–H groups in total. The van der Waals surface area contributed by atoms with E-state index in [-0.39, 0.29) is 29.9 Å². The van der Waals surface area contributed by atoms with E-state index in [0.29, 0.717) is 13.0 Å². The number of hydrogen-bond acceptors (Lipinski definition) is 4. The number of rotatable bonds is 7. The third kappa shape index (κ3) is 5.60. The molecule has 0 spiro atoms. The highest BCUT2D eigenvalue weighted by Gasteiger charge is 2.23. The van der Waals surface area contributed by atoms with Crippen molar-refractivity contribution in [3.63, 3.8) is 0 Å². The highest BCUT2D eigenvalue weighted by molar-refractivity contribution is 7.91. The maximum atomic E-state index is 12.1. The number of aryl methyl sites for hydroxylation is 3. The summed E-state index contributed by atoms with van der Waals surface area (Å²) < 4.78 is 29.5. The second-order valence-corrected chi connectivity index (χ2v) is 8.90. The number of carbonyl (C=O) groups is 1. The van der Waals surface area contributed by atoms with Crippen molar-refractivity contribution in [2.24, 2.45) is 0 Å². The van der Waals surface area contributed by atoms with Gasteiger partial charge in [-0.15, -0.1) is 0 Å². The van der Waals surface area contributed by atoms with E-state index < -0.39 is 9.84 Å². The Hall–Kier alpha value is -1.40. The van der Waals surface area contributed by atoms with Crippen molar-refractivity contribution in [2.75, 3.05) is 23.4 Å². The van der Waals surface area contributed by atoms with E-state index >= 15 is 0 Å². The molecule has 1 aromatic carbocycles. The maximum Gasteiger partial charge on any atom is 0.224 e. The van der Waals surface area contributed by atoms with Gasteiger partial charge in [0.2, 0.25) is 5.91 Å². The van der Waals surface area contributed by atoms with Crippen molar-refractivity contribution in [3.8, 4) is 0 Å². The molecule has 0 saturated carbocycles. The zero-order chi connectivity index (χ0) is 17.7. The number of sulfone groups is 1. The normalized spacial score (nSPS) is 17.9. The van der Waals surface area contributed by atoms with Crippen LogP contribution in [-0.4, -0.2) is 38.5 Å². The molecule has 0 radical (unpaired) electrons. The van der Waals surface area contributed by atoms with Crippen LogP contribution in [0.25, 0.3) is 0 Å². The lowest BCUT2D eigenvalue weighted by molar-refractivity contribution is -0.116. The first-order valence-electron chi connectivity index (χ1n) is 8.46. The molecule has 1 unspecified atom stereocenters. The number of benzene rings is 1. The predicted octanol–water partition coefficient (Wildman–Crippen LogP) is 2.92. The molecule has 0 aromatic heterocycles. The molecule has 5 nitrogen and oxygen atoms in total. The summed E-state index contributed by atoms with van der Waals surface area (Å²) in [6.07, 6.45) is 2.12. The van der Waals surface area contributed by atoms with Crippen LogP contribution >= 0.6 is 0 Å². The highest BCUT2D eigenvalue weighted by Crippen LogP contribution is 2.22. The topological polar surface area (TPSA) is 72.5 Å². The van der Waals surface area contributed by atoms with Gasteiger partial charge < -0.3 is 10.1 Å². The van der Waals surface area contributed by atoms with E-state index in [2.05, 4.69) is 5.32 Å². The molecule has 0 bridgehead atoms. The number of amides is 1. The molecule has 1 aliphatic heterocycles. The zero-order valence-corrected chi connectivity index (χ0v) is 15.5. The van der Waals surface area contributed by atoms with Gasteiger partial charge in [0, 0.05) is 18.7 Å². The summed E-state index contributed by atoms with van der Waals surface area (Å²) in [4.78, 5) is 12.1. The Kier molecular flexibility index (Phi) is 6.40. The van der Waals surface area contributed by atoms with Gasteiger partial charge in [-0.3, -0.25) is 4.79 Å². The van der Waals surface area contributed by atoms with Crippen molar-refractivity contribution in [1.82, 2.24) is 0 Å². The quantitative estimate of drug-likeness (QED) is 0.818. The van der Waals surface area contributed by atoms with Gasteiger partial charge in [0.05, 0.1) is 17.6 Å². The summed E-state index contributed by atoms with van der Waals surface area (Å²) in [6, 6.07) is 4.04. The summed E-state index contributed by atoms with van der Waals surface area (Å²) in [5.74, 6) is -0.0332. The third-order valence-corrected chi connectivity index (χ3v) is 6.05. The zero-order valence-electron chi connectivity index (χ0n) is 14.7. The fourth-order valence-corrected chi connectivity index (χ4v) is 4.75. The van der Waals surface area contributed by atoms with E-state index in [1.165, 1.54) is 0 Å². The van der Waals surface area contributed by atoms with Crippen LogP contribution in [0.5, 0.6) is 0 Å². The van der Waals surface area contributed by atoms with Crippen LogP contribution in [0.4, 0.5) is 5.69 Å². The highest BCUT2D eigenvalue weighted by atomic mass is 32.2. The molecule has 134 valence electrons. The van der Waals surface area contributed by atoms with Gasteiger partial charge in [-0.25, -0.2) is 8.42 Å². The molecule has 1 atom stereocenters. The van der Waals surface area contributed by atoms with Crippen molar-refractivity contribution in [2.45, 2.75) is 52.6 Å². The van der Waals surface area contributed by atoms with Gasteiger partial charge in [-0.1, -0.05) is 17.7 Å². The molecule has 1 aromatic rings. The van der Waals surface area contributed by atoms with E-state index in [9.17, 15) is 13.2 Å². The minimum atomic E-state index is -3.16. The molecule has 1 fully saturated rings. The summed E-state index contributed by atoms with van der Waals surface area (Å²) in [5, 5.41) is 2.91. The fourth-order valence-electron chi connectivity index (χ4n) is 3.17. The van der Waals surface area contributed by atoms with E-state index in [1.54, 1.807) is 0 Å². The largest absolute Gasteiger partial charge is 0.377 e. The lowest BCUT2D eigenvalue weighted by Crippen LogP contribution is -2.23. The Morgan fingerprint density at radius 1 is 1.25 bits per heavy atom. The first kappa shape index (κ1) is 18.9. The van der Waals surface area contributed by atoms with Gasteiger partial charge in [-0.2, -0.15) is 0 Å². The van der Waals surface area contributed by atoms with E-state index in [0.717, 1.165) is 35.2 Å². The summed E-state index contributed by atoms with van der Waals surface area (Å²) in [5.41, 5.74) is 4.02. The van der Waals surface area contributed by atoms with Gasteiger partial charge in [-0.05, 0) is 51.2 Å². The van der Waals surface area contributed by atoms with Crippen LogP contribution in [0.2, 0.25) is 0 Å². The lowest BCUT2D eigenvalue weighted by atomic mass is 10.0. The average Bonchev–Trinajstić information content (AvgIpc) is 2.94. The smallest absolute Gasteiger partial charge is 0.224 e. The number of ether oxygens (including phenoxy) is 1. The molecule has 6 heteroatoms. The standard InChI is InChI=1S/C18H27NO4S/c1-13-10-14(2)18(15(3)11-13)19-17(20)7-5-9-24(21,22)12-16-6-4-8-23-16/h10-11,16H,4-9,12H2,1-3H3,(H,19,20). The molecular weight excluding hydrogens is 326 g/mol. The second kappa shape index (κ2) is 8.12. The Bertz CT molecular complexity index is 668. The van der Waals surface area contributed by atoms with Crippen LogP contribution in [0.3, 0.4) is 0 Å². The Morgan fingerprint density at radius 3 is 2.50 bits per heavy atom. The molecule has 1 saturated heterocycles. The van der Waals surface area contributed by atoms with Crippen LogP contribution in [0, 0.1) is 20.8 Å². The fraction of sp³-hybridized carbons (Fsp3) is 0.611. The van der Waals surface area contributed by atoms with Crippen molar-refractivity contribution >= 4 is 21.4 Å². The van der Waals surface area contributed by atoms with Crippen molar-refractivity contribution < 1.29 is 17.9 Å². The summed E-state index contributed by atoms with van der Waals surface area (Å²) >= 11 is 0. The maximum absolute atomic E-state index is 12.1. The van der Waals surface area contributed by atoms with Gasteiger partial charge in [0.15, 0.2) is 9.84 Å². The molecule has 1 heterocycles. The molecular formula is C18H27NO4S. The van der Waals surface area contributed by atoms with Gasteiger partial charge in [0.1, 0.15) is 0 Å². The number of nitrogens with one attached hydrogen (secondary N) is 1. The predicted molar refractivity (Wildman–Crippen MR) is 96.1 cm³/mol. The van der Waals surface area contributed by atoms with Crippen molar-refractivity contribution in [3.05, 3.63) is 28.8 Å². The minimum Gasteiger partial charge on any atom is -0.377 e. The number of anilines is 1. The Labute approximate surface area is 144 Å². The lowest BCUT2D eigenvalue weighted by Gasteiger charge is -2.13. The van der Waals surface area contributed by atoms with Crippen LogP contribution in [0.15, 0.2) is 12.1 Å². The van der Waals surface area contributed by atoms with Gasteiger partial charge >= 0.3 is 0 Å². The van der Waals surface area contributed by atoms with Crippen LogP contribution < -0.4 is 5.32 Å². The second-order valence-electron chi connectivity index (χ2n) is 6.67. The third-order valence-electron chi connectivity index (χ3n) is 4.26. The molecule has 1 aliphatic rings. The van der Waals surface area contributed by atoms with E-state index in [1.807, 2.05) is 32.9 Å². The van der Waals surface area contributed by atoms with Gasteiger partial charge in [0.25, 0.3) is 0 Å². The summed E-state index contributed by atoms with van der Waals surface area (Å²) in [7, 11) is -3.16. The Balaban J connectivity index is 1.81. The average molecular weight is 353 g/mol.